The van der Waals surface area contributed by atoms with Crippen LogP contribution in [0.25, 0.3) is 0 Å². The summed E-state index contributed by atoms with van der Waals surface area (Å²) in [6, 6.07) is 19.5. The van der Waals surface area contributed by atoms with Crippen molar-refractivity contribution < 1.29 is 27.2 Å². The largest absolute Gasteiger partial charge is 0.352 e. The van der Waals surface area contributed by atoms with E-state index in [-0.39, 0.29) is 30.5 Å². The van der Waals surface area contributed by atoms with Gasteiger partial charge < -0.3 is 10.2 Å². The summed E-state index contributed by atoms with van der Waals surface area (Å²) in [6.45, 7) is 4.30. The first-order chi connectivity index (χ1) is 18.8. The highest BCUT2D eigenvalue weighted by molar-refractivity contribution is 7.92. The molecule has 0 aliphatic heterocycles. The van der Waals surface area contributed by atoms with Crippen molar-refractivity contribution in [3.05, 3.63) is 101 Å². The number of carbonyl (C=O) groups excluding carboxylic acids is 3. The maximum Gasteiger partial charge on any atom is 0.244 e. The summed E-state index contributed by atoms with van der Waals surface area (Å²) in [6.07, 6.45) is 1.14. The van der Waals surface area contributed by atoms with Crippen molar-refractivity contribution in [3.8, 4) is 0 Å². The monoisotopic (exact) mass is 567 g/mol. The van der Waals surface area contributed by atoms with Crippen LogP contribution in [-0.4, -0.2) is 55.8 Å². The molecule has 1 N–H and O–H groups in total. The van der Waals surface area contributed by atoms with Gasteiger partial charge in [-0.3, -0.25) is 18.7 Å². The van der Waals surface area contributed by atoms with E-state index >= 15 is 0 Å². The number of benzene rings is 3. The number of nitrogens with one attached hydrogen (secondary N) is 1. The van der Waals surface area contributed by atoms with Gasteiger partial charge in [0, 0.05) is 24.6 Å². The molecule has 0 aliphatic rings. The number of anilines is 1. The van der Waals surface area contributed by atoms with Crippen LogP contribution in [0, 0.1) is 5.82 Å². The normalized spacial score (nSPS) is 12.1. The number of Topliss-reactive ketones (excluding diaryl/α,β-unsaturated/α-hetero) is 1. The number of hydrogen-bond donors (Lipinski definition) is 1. The van der Waals surface area contributed by atoms with Gasteiger partial charge in [0.2, 0.25) is 21.8 Å². The number of nitrogens with zero attached hydrogens (tertiary/aromatic N) is 2. The van der Waals surface area contributed by atoms with E-state index in [2.05, 4.69) is 5.32 Å². The standard InChI is InChI=1S/C30H34FN3O5S/c1-21(2)32-30(37)28(17-23-9-6-5-7-10-23)33(19-24-13-15-26(31)16-14-24)29(36)20-34(40(4,38)39)27-12-8-11-25(18-27)22(3)35/h5-16,18,21,28H,17,19-20H2,1-4H3,(H,32,37)/t28-/m0/s1. The molecule has 8 nitrogen and oxygen atoms in total. The molecular formula is C30H34FN3O5S. The first-order valence-corrected chi connectivity index (χ1v) is 14.7. The average Bonchev–Trinajstić information content (AvgIpc) is 2.89. The van der Waals surface area contributed by atoms with Gasteiger partial charge >= 0.3 is 0 Å². The molecule has 2 amide bonds. The Morgan fingerprint density at radius 2 is 1.55 bits per heavy atom. The number of hydrogen-bond acceptors (Lipinski definition) is 5. The van der Waals surface area contributed by atoms with Gasteiger partial charge in [-0.05, 0) is 56.2 Å². The Hall–Kier alpha value is -4.05. The third-order valence-electron chi connectivity index (χ3n) is 6.19. The zero-order valence-corrected chi connectivity index (χ0v) is 23.8. The van der Waals surface area contributed by atoms with Crippen LogP contribution in [0.4, 0.5) is 10.1 Å². The molecule has 3 aromatic rings. The lowest BCUT2D eigenvalue weighted by atomic mass is 10.0. The molecule has 0 unspecified atom stereocenters. The number of sulfonamides is 1. The molecule has 212 valence electrons. The van der Waals surface area contributed by atoms with Gasteiger partial charge in [0.25, 0.3) is 0 Å². The first kappa shape index (κ1) is 30.5. The lowest BCUT2D eigenvalue weighted by Gasteiger charge is -2.34. The number of carbonyl (C=O) groups is 3. The molecule has 0 saturated heterocycles. The molecular weight excluding hydrogens is 533 g/mol. The summed E-state index contributed by atoms with van der Waals surface area (Å²) in [5.74, 6) is -1.75. The van der Waals surface area contributed by atoms with Crippen LogP contribution in [-0.2, 0) is 32.6 Å². The minimum absolute atomic E-state index is 0.0623. The molecule has 0 saturated carbocycles. The Morgan fingerprint density at radius 1 is 0.900 bits per heavy atom. The van der Waals surface area contributed by atoms with E-state index in [1.54, 1.807) is 26.0 Å². The molecule has 10 heteroatoms. The van der Waals surface area contributed by atoms with Crippen molar-refractivity contribution in [2.45, 2.75) is 45.8 Å². The molecule has 0 bridgehead atoms. The fourth-order valence-electron chi connectivity index (χ4n) is 4.21. The van der Waals surface area contributed by atoms with Crippen LogP contribution in [0.3, 0.4) is 0 Å². The molecule has 0 aromatic heterocycles. The van der Waals surface area contributed by atoms with Crippen molar-refractivity contribution in [3.63, 3.8) is 0 Å². The van der Waals surface area contributed by atoms with Gasteiger partial charge in [-0.2, -0.15) is 0 Å². The van der Waals surface area contributed by atoms with Gasteiger partial charge in [0.05, 0.1) is 11.9 Å². The molecule has 0 spiro atoms. The van der Waals surface area contributed by atoms with E-state index in [4.69, 9.17) is 0 Å². The molecule has 40 heavy (non-hydrogen) atoms. The summed E-state index contributed by atoms with van der Waals surface area (Å²) in [7, 11) is -3.97. The second-order valence-corrected chi connectivity index (χ2v) is 11.8. The third kappa shape index (κ3) is 8.47. The molecule has 3 rings (SSSR count). The van der Waals surface area contributed by atoms with Crippen molar-refractivity contribution in [2.24, 2.45) is 0 Å². The third-order valence-corrected chi connectivity index (χ3v) is 7.33. The van der Waals surface area contributed by atoms with Gasteiger partial charge in [-0.15, -0.1) is 0 Å². The van der Waals surface area contributed by atoms with Crippen LogP contribution in [0.15, 0.2) is 78.9 Å². The molecule has 0 aliphatic carbocycles. The lowest BCUT2D eigenvalue weighted by Crippen LogP contribution is -2.54. The topological polar surface area (TPSA) is 104 Å². The Bertz CT molecular complexity index is 1440. The van der Waals surface area contributed by atoms with Gasteiger partial charge in [0.1, 0.15) is 18.4 Å². The molecule has 3 aromatic carbocycles. The minimum atomic E-state index is -3.97. The number of rotatable bonds is 12. The summed E-state index contributed by atoms with van der Waals surface area (Å²) < 4.78 is 40.3. The van der Waals surface area contributed by atoms with Crippen LogP contribution in [0.5, 0.6) is 0 Å². The van der Waals surface area contributed by atoms with E-state index in [0.717, 1.165) is 16.1 Å². The molecule has 0 heterocycles. The summed E-state index contributed by atoms with van der Waals surface area (Å²) in [5, 5.41) is 2.87. The van der Waals surface area contributed by atoms with E-state index in [1.165, 1.54) is 48.2 Å². The highest BCUT2D eigenvalue weighted by atomic mass is 32.2. The van der Waals surface area contributed by atoms with Crippen molar-refractivity contribution in [1.29, 1.82) is 0 Å². The van der Waals surface area contributed by atoms with Crippen molar-refractivity contribution >= 4 is 33.3 Å². The first-order valence-electron chi connectivity index (χ1n) is 12.8. The zero-order chi connectivity index (χ0) is 29.4. The highest BCUT2D eigenvalue weighted by Gasteiger charge is 2.33. The van der Waals surface area contributed by atoms with Gasteiger partial charge in [-0.1, -0.05) is 54.6 Å². The number of halogens is 1. The van der Waals surface area contributed by atoms with Gasteiger partial charge in [-0.25, -0.2) is 12.8 Å². The Labute approximate surface area is 234 Å². The van der Waals surface area contributed by atoms with E-state index in [1.807, 2.05) is 30.3 Å². The fraction of sp³-hybridized carbons (Fsp3) is 0.300. The van der Waals surface area contributed by atoms with E-state index in [0.29, 0.717) is 11.1 Å². The summed E-state index contributed by atoms with van der Waals surface area (Å²) in [5.41, 5.74) is 1.81. The minimum Gasteiger partial charge on any atom is -0.352 e. The number of amides is 2. The average molecular weight is 568 g/mol. The van der Waals surface area contributed by atoms with Crippen LogP contribution in [0.2, 0.25) is 0 Å². The predicted molar refractivity (Wildman–Crippen MR) is 153 cm³/mol. The Kier molecular flexibility index (Phi) is 10.2. The van der Waals surface area contributed by atoms with Crippen LogP contribution in [0.1, 0.15) is 42.3 Å². The smallest absolute Gasteiger partial charge is 0.244 e. The quantitative estimate of drug-likeness (QED) is 0.334. The van der Waals surface area contributed by atoms with Crippen molar-refractivity contribution in [1.82, 2.24) is 10.2 Å². The SMILES string of the molecule is CC(=O)c1cccc(N(CC(=O)N(Cc2ccc(F)cc2)[C@@H](Cc2ccccc2)C(=O)NC(C)C)S(C)(=O)=O)c1. The van der Waals surface area contributed by atoms with Crippen molar-refractivity contribution in [2.75, 3.05) is 17.1 Å². The lowest BCUT2D eigenvalue weighted by molar-refractivity contribution is -0.140. The van der Waals surface area contributed by atoms with Crippen LogP contribution >= 0.6 is 0 Å². The second-order valence-electron chi connectivity index (χ2n) is 9.89. The van der Waals surface area contributed by atoms with E-state index < -0.39 is 40.2 Å². The Morgan fingerprint density at radius 3 is 2.12 bits per heavy atom. The van der Waals surface area contributed by atoms with Crippen LogP contribution < -0.4 is 9.62 Å². The Balaban J connectivity index is 2.07. The second kappa shape index (κ2) is 13.3. The van der Waals surface area contributed by atoms with Gasteiger partial charge in [0.15, 0.2) is 5.78 Å². The number of ketones is 1. The fourth-order valence-corrected chi connectivity index (χ4v) is 5.06. The predicted octanol–water partition coefficient (Wildman–Crippen LogP) is 3.96. The zero-order valence-electron chi connectivity index (χ0n) is 23.0. The maximum absolute atomic E-state index is 14.0. The summed E-state index contributed by atoms with van der Waals surface area (Å²) >= 11 is 0. The summed E-state index contributed by atoms with van der Waals surface area (Å²) in [4.78, 5) is 40.7. The van der Waals surface area contributed by atoms with E-state index in [9.17, 15) is 27.2 Å². The molecule has 0 radical (unpaired) electrons. The highest BCUT2D eigenvalue weighted by Crippen LogP contribution is 2.22. The molecule has 0 fully saturated rings. The molecule has 1 atom stereocenters. The maximum atomic E-state index is 14.0.